The molecular formula is C32H40N2O. The molecular weight excluding hydrogens is 428 g/mol. The van der Waals surface area contributed by atoms with Crippen LogP contribution in [0.4, 0.5) is 0 Å². The highest BCUT2D eigenvalue weighted by atomic mass is 16.2. The Morgan fingerprint density at radius 1 is 0.629 bits per heavy atom. The number of hydrogen-bond acceptors (Lipinski definition) is 2. The topological polar surface area (TPSA) is 23.6 Å². The van der Waals surface area contributed by atoms with Crippen molar-refractivity contribution < 1.29 is 4.79 Å². The van der Waals surface area contributed by atoms with Crippen LogP contribution in [0.5, 0.6) is 0 Å². The summed E-state index contributed by atoms with van der Waals surface area (Å²) >= 11 is 0. The van der Waals surface area contributed by atoms with E-state index < -0.39 is 0 Å². The number of carbonyl (C=O) groups is 1. The average Bonchev–Trinajstić information content (AvgIpc) is 3.09. The van der Waals surface area contributed by atoms with Crippen LogP contribution in [0.2, 0.25) is 0 Å². The van der Waals surface area contributed by atoms with Crippen molar-refractivity contribution in [2.45, 2.75) is 57.4 Å². The fourth-order valence-corrected chi connectivity index (χ4v) is 5.29. The zero-order valence-electron chi connectivity index (χ0n) is 21.0. The average molecular weight is 469 g/mol. The van der Waals surface area contributed by atoms with Gasteiger partial charge in [0.2, 0.25) is 5.91 Å². The van der Waals surface area contributed by atoms with Gasteiger partial charge in [-0.15, -0.1) is 0 Å². The Kier molecular flexibility index (Phi) is 9.97. The third-order valence-electron chi connectivity index (χ3n) is 7.24. The highest BCUT2D eigenvalue weighted by Gasteiger charge is 2.27. The lowest BCUT2D eigenvalue weighted by Crippen LogP contribution is -2.43. The van der Waals surface area contributed by atoms with Crippen LogP contribution in [0.1, 0.15) is 48.8 Å². The maximum absolute atomic E-state index is 13.4. The van der Waals surface area contributed by atoms with Gasteiger partial charge in [0.15, 0.2) is 0 Å². The van der Waals surface area contributed by atoms with Gasteiger partial charge >= 0.3 is 0 Å². The van der Waals surface area contributed by atoms with Crippen molar-refractivity contribution in [2.24, 2.45) is 0 Å². The number of nitrogens with zero attached hydrogens (tertiary/aromatic N) is 2. The zero-order chi connectivity index (χ0) is 24.1. The third-order valence-corrected chi connectivity index (χ3v) is 7.24. The first kappa shape index (κ1) is 25.2. The van der Waals surface area contributed by atoms with Crippen LogP contribution < -0.4 is 0 Å². The summed E-state index contributed by atoms with van der Waals surface area (Å²) < 4.78 is 0. The van der Waals surface area contributed by atoms with E-state index in [-0.39, 0.29) is 0 Å². The summed E-state index contributed by atoms with van der Waals surface area (Å²) in [6.45, 7) is 3.41. The minimum atomic E-state index is 0.319. The molecule has 0 unspecified atom stereocenters. The van der Waals surface area contributed by atoms with E-state index in [1.54, 1.807) is 0 Å². The van der Waals surface area contributed by atoms with E-state index in [9.17, 15) is 4.79 Å². The molecule has 3 nitrogen and oxygen atoms in total. The van der Waals surface area contributed by atoms with Crippen LogP contribution in [0.25, 0.3) is 0 Å². The molecule has 0 radical (unpaired) electrons. The summed E-state index contributed by atoms with van der Waals surface area (Å²) in [4.78, 5) is 18.0. The van der Waals surface area contributed by atoms with Crippen molar-refractivity contribution in [3.8, 4) is 0 Å². The molecule has 3 heteroatoms. The minimum Gasteiger partial charge on any atom is -0.339 e. The van der Waals surface area contributed by atoms with Gasteiger partial charge in [-0.25, -0.2) is 0 Å². The maximum atomic E-state index is 13.4. The Hall–Kier alpha value is -2.91. The van der Waals surface area contributed by atoms with E-state index in [1.807, 2.05) is 0 Å². The molecule has 3 aromatic rings. The highest BCUT2D eigenvalue weighted by molar-refractivity contribution is 5.78. The monoisotopic (exact) mass is 468 g/mol. The van der Waals surface area contributed by atoms with Crippen molar-refractivity contribution in [1.29, 1.82) is 0 Å². The van der Waals surface area contributed by atoms with Gasteiger partial charge in [-0.05, 0) is 68.1 Å². The summed E-state index contributed by atoms with van der Waals surface area (Å²) in [5.41, 5.74) is 4.13. The molecule has 0 N–H and O–H groups in total. The van der Waals surface area contributed by atoms with Crippen molar-refractivity contribution in [2.75, 3.05) is 26.2 Å². The van der Waals surface area contributed by atoms with Crippen molar-refractivity contribution in [3.63, 3.8) is 0 Å². The Morgan fingerprint density at radius 3 is 1.63 bits per heavy atom. The quantitative estimate of drug-likeness (QED) is 0.317. The van der Waals surface area contributed by atoms with Gasteiger partial charge in [-0.2, -0.15) is 0 Å². The van der Waals surface area contributed by atoms with Crippen molar-refractivity contribution >= 4 is 5.91 Å². The van der Waals surface area contributed by atoms with Crippen LogP contribution in [-0.2, 0) is 24.1 Å². The lowest BCUT2D eigenvalue weighted by Gasteiger charge is -2.31. The molecule has 1 amide bonds. The van der Waals surface area contributed by atoms with Gasteiger partial charge in [0.25, 0.3) is 0 Å². The number of aryl methyl sites for hydroxylation is 2. The summed E-state index contributed by atoms with van der Waals surface area (Å²) in [5, 5.41) is 0. The molecule has 184 valence electrons. The molecule has 1 heterocycles. The Labute approximate surface area is 211 Å². The van der Waals surface area contributed by atoms with Crippen LogP contribution >= 0.6 is 0 Å². The summed E-state index contributed by atoms with van der Waals surface area (Å²) in [5.74, 6) is 0.319. The van der Waals surface area contributed by atoms with E-state index in [1.165, 1.54) is 16.7 Å². The lowest BCUT2D eigenvalue weighted by molar-refractivity contribution is -0.133. The van der Waals surface area contributed by atoms with Gasteiger partial charge in [0.1, 0.15) is 0 Å². The first-order valence-corrected chi connectivity index (χ1v) is 13.4. The van der Waals surface area contributed by atoms with Crippen molar-refractivity contribution in [3.05, 3.63) is 108 Å². The molecule has 0 bridgehead atoms. The van der Waals surface area contributed by atoms with E-state index in [4.69, 9.17) is 0 Å². The highest BCUT2D eigenvalue weighted by Crippen LogP contribution is 2.20. The second-order valence-corrected chi connectivity index (χ2v) is 9.86. The largest absolute Gasteiger partial charge is 0.339 e. The molecule has 1 saturated heterocycles. The van der Waals surface area contributed by atoms with Crippen LogP contribution in [0.15, 0.2) is 91.0 Å². The molecule has 1 aliphatic rings. The molecule has 35 heavy (non-hydrogen) atoms. The molecule has 1 aliphatic heterocycles. The van der Waals surface area contributed by atoms with Gasteiger partial charge in [-0.3, -0.25) is 9.69 Å². The number of amides is 1. The third kappa shape index (κ3) is 8.36. The second-order valence-electron chi connectivity index (χ2n) is 9.86. The van der Waals surface area contributed by atoms with Crippen molar-refractivity contribution in [1.82, 2.24) is 9.80 Å². The number of rotatable bonds is 12. The van der Waals surface area contributed by atoms with E-state index in [0.717, 1.165) is 71.0 Å². The Balaban J connectivity index is 1.34. The molecule has 0 atom stereocenters. The normalized spacial score (nSPS) is 14.9. The molecule has 0 aliphatic carbocycles. The van der Waals surface area contributed by atoms with E-state index in [2.05, 4.69) is 101 Å². The molecule has 4 rings (SSSR count). The zero-order valence-corrected chi connectivity index (χ0v) is 21.0. The first-order valence-electron chi connectivity index (χ1n) is 13.4. The number of hydrogen-bond donors (Lipinski definition) is 0. The first-order chi connectivity index (χ1) is 17.3. The predicted octanol–water partition coefficient (Wildman–Crippen LogP) is 6.18. The van der Waals surface area contributed by atoms with Gasteiger partial charge in [0, 0.05) is 25.7 Å². The number of benzene rings is 3. The number of carbonyl (C=O) groups excluding carboxylic acids is 1. The summed E-state index contributed by atoms with van der Waals surface area (Å²) in [6, 6.07) is 32.5. The van der Waals surface area contributed by atoms with Gasteiger partial charge in [0.05, 0.1) is 6.54 Å². The van der Waals surface area contributed by atoms with E-state index in [0.29, 0.717) is 18.5 Å². The SMILES string of the molecule is O=C1CN(CCc2ccccc2)CCCN1C(CCCc1ccccc1)CCCc1ccccc1. The minimum absolute atomic E-state index is 0.319. The molecule has 3 aromatic carbocycles. The molecule has 0 saturated carbocycles. The molecule has 0 aromatic heterocycles. The van der Waals surface area contributed by atoms with Gasteiger partial charge in [-0.1, -0.05) is 91.0 Å². The Morgan fingerprint density at radius 2 is 1.11 bits per heavy atom. The van der Waals surface area contributed by atoms with E-state index >= 15 is 0 Å². The molecule has 1 fully saturated rings. The fourth-order valence-electron chi connectivity index (χ4n) is 5.29. The van der Waals surface area contributed by atoms with Crippen LogP contribution in [-0.4, -0.2) is 47.9 Å². The predicted molar refractivity (Wildman–Crippen MR) is 145 cm³/mol. The smallest absolute Gasteiger partial charge is 0.236 e. The lowest BCUT2D eigenvalue weighted by atomic mass is 9.97. The maximum Gasteiger partial charge on any atom is 0.236 e. The second kappa shape index (κ2) is 13.8. The van der Waals surface area contributed by atoms with Crippen LogP contribution in [0.3, 0.4) is 0 Å². The Bertz CT molecular complexity index is 944. The standard InChI is InChI=1S/C32H40N2O/c35-32-27-33(26-23-30-17-8-3-9-18-30)24-12-25-34(32)31(21-10-19-28-13-4-1-5-14-28)22-11-20-29-15-6-2-7-16-29/h1-9,13-18,31H,10-12,19-27H2. The fraction of sp³-hybridized carbons (Fsp3) is 0.406. The summed E-state index contributed by atoms with van der Waals surface area (Å²) in [6.07, 6.45) is 8.66. The van der Waals surface area contributed by atoms with Gasteiger partial charge < -0.3 is 4.90 Å². The summed E-state index contributed by atoms with van der Waals surface area (Å²) in [7, 11) is 0. The van der Waals surface area contributed by atoms with Crippen LogP contribution in [0, 0.1) is 0 Å². The molecule has 0 spiro atoms.